The van der Waals surface area contributed by atoms with Gasteiger partial charge in [-0.3, -0.25) is 0 Å². The summed E-state index contributed by atoms with van der Waals surface area (Å²) < 4.78 is 4.94. The number of hydrogen-bond donors (Lipinski definition) is 2. The lowest BCUT2D eigenvalue weighted by Crippen LogP contribution is -2.08. The van der Waals surface area contributed by atoms with E-state index in [1.807, 2.05) is 0 Å². The molecule has 3 aromatic rings. The molecule has 2 aromatic heterocycles. The molecule has 0 saturated heterocycles. The molecule has 24 heavy (non-hydrogen) atoms. The second kappa shape index (κ2) is 6.82. The SMILES string of the molecule is CCOC(=O)c1ccc(NCc2nnc3ncnc(N)c3n2)cc1. The predicted molar refractivity (Wildman–Crippen MR) is 87.1 cm³/mol. The number of hydrogen-bond acceptors (Lipinski definition) is 9. The number of nitrogens with zero attached hydrogens (tertiary/aromatic N) is 5. The summed E-state index contributed by atoms with van der Waals surface area (Å²) in [6.07, 6.45) is 1.32. The first-order chi connectivity index (χ1) is 11.7. The number of nitrogens with one attached hydrogen (secondary N) is 1. The van der Waals surface area contributed by atoms with Gasteiger partial charge in [-0.15, -0.1) is 10.2 Å². The summed E-state index contributed by atoms with van der Waals surface area (Å²) >= 11 is 0. The van der Waals surface area contributed by atoms with Crippen LogP contribution in [-0.4, -0.2) is 37.7 Å². The quantitative estimate of drug-likeness (QED) is 0.664. The van der Waals surface area contributed by atoms with Crippen LogP contribution in [0.3, 0.4) is 0 Å². The van der Waals surface area contributed by atoms with E-state index in [-0.39, 0.29) is 11.8 Å². The van der Waals surface area contributed by atoms with Gasteiger partial charge in [0, 0.05) is 5.69 Å². The molecule has 0 atom stereocenters. The second-order valence-corrected chi connectivity index (χ2v) is 4.81. The first kappa shape index (κ1) is 15.5. The zero-order valence-electron chi connectivity index (χ0n) is 12.9. The van der Waals surface area contributed by atoms with Gasteiger partial charge >= 0.3 is 5.97 Å². The van der Waals surface area contributed by atoms with Gasteiger partial charge in [0.25, 0.3) is 0 Å². The van der Waals surface area contributed by atoms with Crippen LogP contribution in [-0.2, 0) is 11.3 Å². The summed E-state index contributed by atoms with van der Waals surface area (Å²) in [6, 6.07) is 6.92. The van der Waals surface area contributed by atoms with E-state index in [1.54, 1.807) is 31.2 Å². The van der Waals surface area contributed by atoms with E-state index < -0.39 is 0 Å². The van der Waals surface area contributed by atoms with Gasteiger partial charge in [-0.2, -0.15) is 0 Å². The van der Waals surface area contributed by atoms with Gasteiger partial charge in [-0.1, -0.05) is 0 Å². The lowest BCUT2D eigenvalue weighted by Gasteiger charge is -2.07. The summed E-state index contributed by atoms with van der Waals surface area (Å²) in [6.45, 7) is 2.46. The molecule has 0 bridgehead atoms. The van der Waals surface area contributed by atoms with Crippen molar-refractivity contribution in [2.45, 2.75) is 13.5 Å². The van der Waals surface area contributed by atoms with Gasteiger partial charge in [0.1, 0.15) is 6.33 Å². The number of nitrogens with two attached hydrogens (primary N) is 1. The highest BCUT2D eigenvalue weighted by molar-refractivity contribution is 5.89. The number of ether oxygens (including phenoxy) is 1. The first-order valence-electron chi connectivity index (χ1n) is 7.28. The smallest absolute Gasteiger partial charge is 0.338 e. The molecule has 9 heteroatoms. The summed E-state index contributed by atoms with van der Waals surface area (Å²) in [5.74, 6) is 0.370. The Morgan fingerprint density at radius 3 is 2.75 bits per heavy atom. The van der Waals surface area contributed by atoms with Crippen molar-refractivity contribution in [2.24, 2.45) is 0 Å². The molecule has 0 aliphatic carbocycles. The Bertz CT molecular complexity index is 867. The third-order valence-corrected chi connectivity index (χ3v) is 3.18. The van der Waals surface area contributed by atoms with Gasteiger partial charge in [0.2, 0.25) is 5.65 Å². The fourth-order valence-corrected chi connectivity index (χ4v) is 2.01. The molecule has 0 aliphatic rings. The molecule has 3 rings (SSSR count). The zero-order chi connectivity index (χ0) is 16.9. The van der Waals surface area contributed by atoms with Crippen molar-refractivity contribution in [3.05, 3.63) is 42.0 Å². The number of carbonyl (C=O) groups excluding carboxylic acids is 1. The van der Waals surface area contributed by atoms with Crippen LogP contribution in [0.5, 0.6) is 0 Å². The minimum Gasteiger partial charge on any atom is -0.462 e. The minimum atomic E-state index is -0.346. The molecule has 2 heterocycles. The summed E-state index contributed by atoms with van der Waals surface area (Å²) in [5, 5.41) is 11.1. The molecule has 0 amide bonds. The van der Waals surface area contributed by atoms with Crippen LogP contribution in [0.1, 0.15) is 23.1 Å². The van der Waals surface area contributed by atoms with Crippen molar-refractivity contribution in [1.82, 2.24) is 25.1 Å². The van der Waals surface area contributed by atoms with Crippen LogP contribution in [0.4, 0.5) is 11.5 Å². The summed E-state index contributed by atoms with van der Waals surface area (Å²) in [5.41, 5.74) is 7.83. The average molecular weight is 325 g/mol. The maximum atomic E-state index is 11.6. The van der Waals surface area contributed by atoms with E-state index in [4.69, 9.17) is 10.5 Å². The van der Waals surface area contributed by atoms with Crippen LogP contribution >= 0.6 is 0 Å². The average Bonchev–Trinajstić information content (AvgIpc) is 2.61. The highest BCUT2D eigenvalue weighted by Crippen LogP contribution is 2.13. The molecule has 0 aliphatic heterocycles. The number of anilines is 2. The largest absolute Gasteiger partial charge is 0.462 e. The molecule has 122 valence electrons. The Kier molecular flexibility index (Phi) is 4.41. The zero-order valence-corrected chi connectivity index (χ0v) is 12.9. The van der Waals surface area contributed by atoms with Crippen LogP contribution in [0.2, 0.25) is 0 Å². The number of benzene rings is 1. The Balaban J connectivity index is 1.69. The van der Waals surface area contributed by atoms with Crippen molar-refractivity contribution in [2.75, 3.05) is 17.7 Å². The van der Waals surface area contributed by atoms with Crippen molar-refractivity contribution >= 4 is 28.6 Å². The van der Waals surface area contributed by atoms with E-state index in [9.17, 15) is 4.79 Å². The number of nitrogen functional groups attached to an aromatic ring is 1. The van der Waals surface area contributed by atoms with Crippen LogP contribution in [0, 0.1) is 0 Å². The number of aromatic nitrogens is 5. The van der Waals surface area contributed by atoms with E-state index >= 15 is 0 Å². The molecule has 0 unspecified atom stereocenters. The summed E-state index contributed by atoms with van der Waals surface area (Å²) in [7, 11) is 0. The molecule has 0 radical (unpaired) electrons. The number of rotatable bonds is 5. The topological polar surface area (TPSA) is 129 Å². The Hall–Kier alpha value is -3.36. The van der Waals surface area contributed by atoms with E-state index in [1.165, 1.54) is 6.33 Å². The molecule has 3 N–H and O–H groups in total. The van der Waals surface area contributed by atoms with Crippen LogP contribution in [0.25, 0.3) is 11.2 Å². The highest BCUT2D eigenvalue weighted by atomic mass is 16.5. The minimum absolute atomic E-state index is 0.259. The van der Waals surface area contributed by atoms with Crippen LogP contribution in [0.15, 0.2) is 30.6 Å². The van der Waals surface area contributed by atoms with Crippen LogP contribution < -0.4 is 11.1 Å². The standard InChI is InChI=1S/C15H15N7O2/c1-2-24-15(23)9-3-5-10(6-4-9)17-7-11-20-12-13(16)18-8-19-14(12)22-21-11/h3-6,8,17H,2,7H2,1H3,(H2,16,18,19,22). The number of esters is 1. The van der Waals surface area contributed by atoms with Crippen molar-refractivity contribution in [1.29, 1.82) is 0 Å². The van der Waals surface area contributed by atoms with E-state index in [2.05, 4.69) is 30.5 Å². The van der Waals surface area contributed by atoms with Gasteiger partial charge in [-0.25, -0.2) is 19.7 Å². The lowest BCUT2D eigenvalue weighted by atomic mass is 10.2. The normalized spacial score (nSPS) is 10.5. The Labute approximate surface area is 137 Å². The maximum Gasteiger partial charge on any atom is 0.338 e. The van der Waals surface area contributed by atoms with Gasteiger partial charge in [0.05, 0.1) is 18.7 Å². The molecule has 0 spiro atoms. The molecule has 0 fully saturated rings. The summed E-state index contributed by atoms with van der Waals surface area (Å²) in [4.78, 5) is 23.7. The van der Waals surface area contributed by atoms with Crippen molar-refractivity contribution < 1.29 is 9.53 Å². The van der Waals surface area contributed by atoms with Gasteiger partial charge in [-0.05, 0) is 31.2 Å². The van der Waals surface area contributed by atoms with E-state index in [0.29, 0.717) is 35.7 Å². The highest BCUT2D eigenvalue weighted by Gasteiger charge is 2.08. The molecule has 1 aromatic carbocycles. The van der Waals surface area contributed by atoms with Crippen molar-refractivity contribution in [3.8, 4) is 0 Å². The molecule has 0 saturated carbocycles. The lowest BCUT2D eigenvalue weighted by molar-refractivity contribution is 0.0526. The fourth-order valence-electron chi connectivity index (χ4n) is 2.01. The van der Waals surface area contributed by atoms with E-state index in [0.717, 1.165) is 5.69 Å². The Morgan fingerprint density at radius 1 is 1.21 bits per heavy atom. The Morgan fingerprint density at radius 2 is 2.00 bits per heavy atom. The fraction of sp³-hybridized carbons (Fsp3) is 0.200. The number of fused-ring (bicyclic) bond motifs is 1. The molecular weight excluding hydrogens is 310 g/mol. The first-order valence-corrected chi connectivity index (χ1v) is 7.28. The van der Waals surface area contributed by atoms with Gasteiger partial charge < -0.3 is 15.8 Å². The second-order valence-electron chi connectivity index (χ2n) is 4.81. The molecule has 9 nitrogen and oxygen atoms in total. The third kappa shape index (κ3) is 3.35. The predicted octanol–water partition coefficient (Wildman–Crippen LogP) is 1.19. The van der Waals surface area contributed by atoms with Crippen molar-refractivity contribution in [3.63, 3.8) is 0 Å². The monoisotopic (exact) mass is 325 g/mol. The van der Waals surface area contributed by atoms with Gasteiger partial charge in [0.15, 0.2) is 17.2 Å². The maximum absolute atomic E-state index is 11.6. The molecular formula is C15H15N7O2. The third-order valence-electron chi connectivity index (χ3n) is 3.18. The number of carbonyl (C=O) groups is 1.